The largest absolute Gasteiger partial charge is 0.480 e. The van der Waals surface area contributed by atoms with Gasteiger partial charge in [-0.2, -0.15) is 0 Å². The number of carbonyl (C=O) groups is 2. The molecule has 0 aromatic carbocycles. The molecule has 3 N–H and O–H groups in total. The number of aliphatic hydroxyl groups excluding tert-OH is 1. The van der Waals surface area contributed by atoms with Crippen LogP contribution in [-0.2, 0) is 14.4 Å². The number of likely N-dealkylation sites (tertiary alicyclic amines) is 1. The lowest BCUT2D eigenvalue weighted by Crippen LogP contribution is -2.54. The first kappa shape index (κ1) is 25.3. The van der Waals surface area contributed by atoms with E-state index in [0.717, 1.165) is 55.6 Å². The number of hydrogen-bond donors (Lipinski definition) is 3. The Labute approximate surface area is 212 Å². The summed E-state index contributed by atoms with van der Waals surface area (Å²) >= 11 is 0. The Bertz CT molecular complexity index is 1050. The molecule has 0 bridgehead atoms. The van der Waals surface area contributed by atoms with E-state index < -0.39 is 29.6 Å². The number of β-amino-alcohol motifs (C(OH)–C–C–N with tert-alkyl or cyclic N) is 1. The minimum Gasteiger partial charge on any atom is -0.480 e. The minimum atomic E-state index is -1.12. The van der Waals surface area contributed by atoms with Gasteiger partial charge in [0.1, 0.15) is 11.6 Å². The van der Waals surface area contributed by atoms with Crippen molar-refractivity contribution in [3.63, 3.8) is 0 Å². The third-order valence-electron chi connectivity index (χ3n) is 10.6. The van der Waals surface area contributed by atoms with Crippen LogP contribution in [0.1, 0.15) is 71.6 Å². The lowest BCUT2D eigenvalue weighted by Gasteiger charge is -2.58. The molecule has 1 saturated heterocycles. The van der Waals surface area contributed by atoms with Crippen LogP contribution in [0.5, 0.6) is 0 Å². The van der Waals surface area contributed by atoms with E-state index in [9.17, 15) is 24.9 Å². The maximum Gasteiger partial charge on any atom is 0.326 e. The highest BCUT2D eigenvalue weighted by atomic mass is 16.6. The van der Waals surface area contributed by atoms with Crippen molar-refractivity contribution in [1.82, 2.24) is 4.90 Å². The zero-order valence-electron chi connectivity index (χ0n) is 21.3. The molecule has 5 aliphatic rings. The quantitative estimate of drug-likeness (QED) is 0.405. The number of carboxylic acid groups (broad SMARTS) is 1. The normalized spacial score (nSPS) is 44.8. The predicted octanol–water partition coefficient (Wildman–Crippen LogP) is 2.73. The van der Waals surface area contributed by atoms with Gasteiger partial charge in [-0.25, -0.2) is 4.79 Å². The van der Waals surface area contributed by atoms with Gasteiger partial charge in [-0.15, -0.1) is 6.42 Å². The van der Waals surface area contributed by atoms with Crippen LogP contribution in [0.25, 0.3) is 0 Å². The minimum absolute atomic E-state index is 0.000520. The molecule has 1 amide bonds. The van der Waals surface area contributed by atoms with Crippen LogP contribution in [0.4, 0.5) is 0 Å². The van der Waals surface area contributed by atoms with E-state index in [-0.39, 0.29) is 30.4 Å². The van der Waals surface area contributed by atoms with Crippen molar-refractivity contribution in [2.24, 2.45) is 33.7 Å². The second-order valence-electron chi connectivity index (χ2n) is 12.1. The summed E-state index contributed by atoms with van der Waals surface area (Å²) < 4.78 is 0. The zero-order valence-corrected chi connectivity index (χ0v) is 21.3. The lowest BCUT2D eigenvalue weighted by atomic mass is 9.46. The Kier molecular flexibility index (Phi) is 6.24. The van der Waals surface area contributed by atoms with E-state index in [2.05, 4.69) is 31.0 Å². The topological polar surface area (TPSA) is 120 Å². The van der Waals surface area contributed by atoms with Crippen molar-refractivity contribution in [2.75, 3.05) is 13.2 Å². The SMILES string of the molecule is C#C[C@@]1(O)CC[C@@H]2[C@@H]3CCC4=C/C(=N\OCC(=O)N5C[C@H](O)C[C@@H]5C(=O)O)CC[C@]4(C)[C@H]3CC[C@@]21C. The first-order valence-corrected chi connectivity index (χ1v) is 13.3. The Morgan fingerprint density at radius 2 is 1.94 bits per heavy atom. The van der Waals surface area contributed by atoms with Crippen LogP contribution in [0.15, 0.2) is 16.8 Å². The first-order valence-electron chi connectivity index (χ1n) is 13.3. The molecular formula is C28H38N2O6. The molecule has 0 aromatic rings. The van der Waals surface area contributed by atoms with Crippen LogP contribution in [0.2, 0.25) is 0 Å². The van der Waals surface area contributed by atoms with E-state index in [1.807, 2.05) is 0 Å². The number of oxime groups is 1. The van der Waals surface area contributed by atoms with E-state index in [1.165, 1.54) is 5.57 Å². The number of carboxylic acids is 1. The predicted molar refractivity (Wildman–Crippen MR) is 133 cm³/mol. The molecule has 8 atom stereocenters. The standard InChI is InChI=1S/C28H38N2O6/c1-4-28(35)12-9-22-20-6-5-17-13-18(7-10-26(17,2)21(20)8-11-27(22,28)3)29-36-16-24(32)30-15-19(31)14-23(30)25(33)34/h1,13,19-23,31,35H,5-12,14-16H2,2-3H3,(H,33,34)/b29-18-/t19-,20-,21+,22-,23-,26+,27+,28-/m1/s1. The van der Waals surface area contributed by atoms with Gasteiger partial charge < -0.3 is 25.1 Å². The fourth-order valence-electron chi connectivity index (χ4n) is 8.47. The second-order valence-corrected chi connectivity index (χ2v) is 12.1. The number of amides is 1. The van der Waals surface area contributed by atoms with Crippen LogP contribution >= 0.6 is 0 Å². The third kappa shape index (κ3) is 3.78. The molecule has 5 rings (SSSR count). The first-order chi connectivity index (χ1) is 17.0. The average molecular weight is 499 g/mol. The summed E-state index contributed by atoms with van der Waals surface area (Å²) in [6.07, 6.45) is 14.7. The Morgan fingerprint density at radius 3 is 2.67 bits per heavy atom. The maximum absolute atomic E-state index is 12.5. The molecule has 3 saturated carbocycles. The summed E-state index contributed by atoms with van der Waals surface area (Å²) in [5, 5.41) is 34.5. The highest BCUT2D eigenvalue weighted by Gasteiger charge is 2.63. The number of fused-ring (bicyclic) bond motifs is 5. The number of nitrogens with zero attached hydrogens (tertiary/aromatic N) is 2. The van der Waals surface area contributed by atoms with Crippen LogP contribution in [0.3, 0.4) is 0 Å². The molecule has 8 heteroatoms. The Balaban J connectivity index is 1.25. The van der Waals surface area contributed by atoms with Gasteiger partial charge in [0, 0.05) is 18.4 Å². The maximum atomic E-state index is 12.5. The number of allylic oxidation sites excluding steroid dienone is 2. The number of aliphatic hydroxyl groups is 2. The monoisotopic (exact) mass is 498 g/mol. The smallest absolute Gasteiger partial charge is 0.326 e. The van der Waals surface area contributed by atoms with Crippen molar-refractivity contribution in [2.45, 2.75) is 89.4 Å². The van der Waals surface area contributed by atoms with E-state index in [1.54, 1.807) is 0 Å². The highest BCUT2D eigenvalue weighted by molar-refractivity contribution is 5.96. The fraction of sp³-hybridized carbons (Fsp3) is 0.750. The van der Waals surface area contributed by atoms with Gasteiger partial charge in [0.25, 0.3) is 5.91 Å². The Morgan fingerprint density at radius 1 is 1.19 bits per heavy atom. The van der Waals surface area contributed by atoms with Gasteiger partial charge in [-0.3, -0.25) is 4.79 Å². The van der Waals surface area contributed by atoms with Gasteiger partial charge in [-0.1, -0.05) is 30.5 Å². The van der Waals surface area contributed by atoms with Crippen molar-refractivity contribution in [3.05, 3.63) is 11.6 Å². The lowest BCUT2D eigenvalue weighted by molar-refractivity contribution is -0.150. The molecule has 1 aliphatic heterocycles. The highest BCUT2D eigenvalue weighted by Crippen LogP contribution is 2.67. The summed E-state index contributed by atoms with van der Waals surface area (Å²) in [6, 6.07) is -1.02. The average Bonchev–Trinajstić information content (AvgIpc) is 3.37. The molecule has 0 spiro atoms. The van der Waals surface area contributed by atoms with Gasteiger partial charge in [0.05, 0.1) is 11.8 Å². The van der Waals surface area contributed by atoms with Crippen molar-refractivity contribution in [3.8, 4) is 12.3 Å². The molecule has 1 heterocycles. The molecule has 0 radical (unpaired) electrons. The Hall–Kier alpha value is -2.37. The molecular weight excluding hydrogens is 460 g/mol. The summed E-state index contributed by atoms with van der Waals surface area (Å²) in [5.74, 6) is 2.73. The number of rotatable bonds is 4. The molecule has 36 heavy (non-hydrogen) atoms. The van der Waals surface area contributed by atoms with E-state index in [0.29, 0.717) is 24.2 Å². The van der Waals surface area contributed by atoms with E-state index >= 15 is 0 Å². The number of terminal acetylenes is 1. The molecule has 4 aliphatic carbocycles. The second kappa shape index (κ2) is 8.88. The number of carbonyl (C=O) groups excluding carboxylic acids is 1. The zero-order chi connectivity index (χ0) is 25.9. The molecule has 0 unspecified atom stereocenters. The van der Waals surface area contributed by atoms with Crippen LogP contribution < -0.4 is 0 Å². The van der Waals surface area contributed by atoms with Gasteiger partial charge >= 0.3 is 5.97 Å². The van der Waals surface area contributed by atoms with Gasteiger partial charge in [0.15, 0.2) is 6.61 Å². The summed E-state index contributed by atoms with van der Waals surface area (Å²) in [4.78, 5) is 30.4. The molecule has 4 fully saturated rings. The van der Waals surface area contributed by atoms with Crippen LogP contribution in [0, 0.1) is 40.9 Å². The number of hydrogen-bond acceptors (Lipinski definition) is 6. The van der Waals surface area contributed by atoms with Crippen molar-refractivity contribution >= 4 is 17.6 Å². The van der Waals surface area contributed by atoms with Gasteiger partial charge in [-0.05, 0) is 80.6 Å². The third-order valence-corrected chi connectivity index (χ3v) is 10.6. The summed E-state index contributed by atoms with van der Waals surface area (Å²) in [6.45, 7) is 4.25. The molecule has 0 aromatic heterocycles. The van der Waals surface area contributed by atoms with E-state index in [4.69, 9.17) is 11.3 Å². The van der Waals surface area contributed by atoms with Gasteiger partial charge in [0.2, 0.25) is 0 Å². The van der Waals surface area contributed by atoms with Crippen molar-refractivity contribution < 1.29 is 29.7 Å². The summed E-state index contributed by atoms with van der Waals surface area (Å²) in [5.41, 5.74) is 1.11. The summed E-state index contributed by atoms with van der Waals surface area (Å²) in [7, 11) is 0. The molecule has 196 valence electrons. The fourth-order valence-corrected chi connectivity index (χ4v) is 8.47. The van der Waals surface area contributed by atoms with Crippen LogP contribution in [-0.4, -0.2) is 68.7 Å². The van der Waals surface area contributed by atoms with Crippen molar-refractivity contribution in [1.29, 1.82) is 0 Å². The molecule has 8 nitrogen and oxygen atoms in total. The number of aliphatic carboxylic acids is 1.